The van der Waals surface area contributed by atoms with E-state index in [1.165, 1.54) is 12.5 Å². The van der Waals surface area contributed by atoms with Crippen LogP contribution >= 0.6 is 0 Å². The van der Waals surface area contributed by atoms with Gasteiger partial charge in [-0.2, -0.15) is 0 Å². The fraction of sp³-hybridized carbons (Fsp3) is 0.474. The van der Waals surface area contributed by atoms with Crippen molar-refractivity contribution in [2.45, 2.75) is 46.1 Å². The molecule has 0 aliphatic rings. The van der Waals surface area contributed by atoms with E-state index in [1.54, 1.807) is 18.2 Å². The molecule has 1 rings (SSSR count). The summed E-state index contributed by atoms with van der Waals surface area (Å²) in [6.45, 7) is 6.29. The highest BCUT2D eigenvalue weighted by atomic mass is 16.5. The number of primary amides is 1. The third-order valence-electron chi connectivity index (χ3n) is 3.50. The highest BCUT2D eigenvalue weighted by Gasteiger charge is 2.05. The summed E-state index contributed by atoms with van der Waals surface area (Å²) in [6, 6.07) is 7.26. The maximum atomic E-state index is 11.9. The highest BCUT2D eigenvalue weighted by molar-refractivity contribution is 5.91. The van der Waals surface area contributed by atoms with Crippen LogP contribution in [0, 0.1) is 5.92 Å². The smallest absolute Gasteiger partial charge is 0.255 e. The van der Waals surface area contributed by atoms with Gasteiger partial charge in [-0.05, 0) is 43.0 Å². The van der Waals surface area contributed by atoms with Crippen molar-refractivity contribution in [2.75, 3.05) is 6.61 Å². The summed E-state index contributed by atoms with van der Waals surface area (Å²) in [5.74, 6) is 0.649. The Balaban J connectivity index is 2.39. The molecule has 24 heavy (non-hydrogen) atoms. The Morgan fingerprint density at radius 1 is 1.17 bits per heavy atom. The standard InChI is InChI=1S/C19H28N2O3/c1-14(2)5-4-6-15(3)21-19(23)12-9-16-7-10-17(11-8-16)24-13-18(20)22/h7-12,14-15H,4-6,13H2,1-3H3,(H2,20,22)(H,21,23). The molecular weight excluding hydrogens is 304 g/mol. The number of nitrogens with one attached hydrogen (secondary N) is 1. The van der Waals surface area contributed by atoms with Gasteiger partial charge in [0.25, 0.3) is 5.91 Å². The predicted molar refractivity (Wildman–Crippen MR) is 96.5 cm³/mol. The zero-order chi connectivity index (χ0) is 17.9. The SMILES string of the molecule is CC(C)CCCC(C)NC(=O)C=Cc1ccc(OCC(N)=O)cc1. The van der Waals surface area contributed by atoms with Crippen molar-refractivity contribution in [3.63, 3.8) is 0 Å². The number of nitrogens with two attached hydrogens (primary N) is 1. The molecule has 5 heteroatoms. The minimum atomic E-state index is -0.516. The Kier molecular flexibility index (Phi) is 8.61. The van der Waals surface area contributed by atoms with E-state index < -0.39 is 5.91 Å². The van der Waals surface area contributed by atoms with Crippen molar-refractivity contribution in [2.24, 2.45) is 11.7 Å². The van der Waals surface area contributed by atoms with Crippen LogP contribution in [0.2, 0.25) is 0 Å². The van der Waals surface area contributed by atoms with E-state index in [9.17, 15) is 9.59 Å². The molecule has 0 spiro atoms. The second-order valence-electron chi connectivity index (χ2n) is 6.39. The molecule has 1 aromatic carbocycles. The van der Waals surface area contributed by atoms with E-state index in [4.69, 9.17) is 10.5 Å². The first-order chi connectivity index (χ1) is 11.4. The van der Waals surface area contributed by atoms with Crippen molar-refractivity contribution in [1.29, 1.82) is 0 Å². The van der Waals surface area contributed by atoms with Gasteiger partial charge in [0.15, 0.2) is 6.61 Å². The van der Waals surface area contributed by atoms with E-state index >= 15 is 0 Å². The molecule has 1 atom stereocenters. The molecule has 1 aromatic rings. The molecule has 0 saturated carbocycles. The molecule has 3 N–H and O–H groups in total. The van der Waals surface area contributed by atoms with Crippen molar-refractivity contribution < 1.29 is 14.3 Å². The number of hydrogen-bond acceptors (Lipinski definition) is 3. The maximum absolute atomic E-state index is 11.9. The minimum absolute atomic E-state index is 0.0962. The number of hydrogen-bond donors (Lipinski definition) is 2. The Labute approximate surface area is 144 Å². The van der Waals surface area contributed by atoms with Crippen LogP contribution in [0.4, 0.5) is 0 Å². The predicted octanol–water partition coefficient (Wildman–Crippen LogP) is 2.89. The average Bonchev–Trinajstić information content (AvgIpc) is 2.51. The van der Waals surface area contributed by atoms with Gasteiger partial charge in [-0.25, -0.2) is 0 Å². The molecule has 0 saturated heterocycles. The summed E-state index contributed by atoms with van der Waals surface area (Å²) in [6.07, 6.45) is 6.56. The zero-order valence-electron chi connectivity index (χ0n) is 14.7. The second-order valence-corrected chi connectivity index (χ2v) is 6.39. The normalized spacial score (nSPS) is 12.3. The molecule has 0 radical (unpaired) electrons. The lowest BCUT2D eigenvalue weighted by molar-refractivity contribution is -0.120. The van der Waals surface area contributed by atoms with Crippen LogP contribution in [0.15, 0.2) is 30.3 Å². The zero-order valence-corrected chi connectivity index (χ0v) is 14.7. The van der Waals surface area contributed by atoms with Gasteiger partial charge in [-0.1, -0.05) is 38.8 Å². The molecule has 2 amide bonds. The monoisotopic (exact) mass is 332 g/mol. The highest BCUT2D eigenvalue weighted by Crippen LogP contribution is 2.13. The van der Waals surface area contributed by atoms with Gasteiger partial charge in [-0.3, -0.25) is 9.59 Å². The Morgan fingerprint density at radius 2 is 1.83 bits per heavy atom. The molecule has 132 valence electrons. The number of ether oxygens (including phenoxy) is 1. The molecule has 0 aliphatic carbocycles. The van der Waals surface area contributed by atoms with Crippen LogP contribution in [0.3, 0.4) is 0 Å². The lowest BCUT2D eigenvalue weighted by Crippen LogP contribution is -2.31. The summed E-state index contributed by atoms with van der Waals surface area (Å²) in [5.41, 5.74) is 5.90. The number of carbonyl (C=O) groups is 2. The number of carbonyl (C=O) groups excluding carboxylic acids is 2. The largest absolute Gasteiger partial charge is 0.484 e. The summed E-state index contributed by atoms with van der Waals surface area (Å²) in [5, 5.41) is 2.97. The van der Waals surface area contributed by atoms with Gasteiger partial charge in [0.05, 0.1) is 0 Å². The van der Waals surface area contributed by atoms with Crippen molar-refractivity contribution in [1.82, 2.24) is 5.32 Å². The van der Waals surface area contributed by atoms with E-state index in [0.29, 0.717) is 11.7 Å². The van der Waals surface area contributed by atoms with Crippen molar-refractivity contribution >= 4 is 17.9 Å². The number of rotatable bonds is 10. The lowest BCUT2D eigenvalue weighted by atomic mass is 10.0. The third kappa shape index (κ3) is 8.98. The number of benzene rings is 1. The molecule has 0 aliphatic heterocycles. The summed E-state index contributed by atoms with van der Waals surface area (Å²) < 4.78 is 5.18. The van der Waals surface area contributed by atoms with E-state index in [1.807, 2.05) is 19.1 Å². The molecule has 1 unspecified atom stereocenters. The van der Waals surface area contributed by atoms with Crippen LogP contribution in [0.25, 0.3) is 6.08 Å². The van der Waals surface area contributed by atoms with Gasteiger partial charge in [0, 0.05) is 12.1 Å². The topological polar surface area (TPSA) is 81.4 Å². The quantitative estimate of drug-likeness (QED) is 0.646. The van der Waals surface area contributed by atoms with Crippen molar-refractivity contribution in [3.8, 4) is 5.75 Å². The lowest BCUT2D eigenvalue weighted by Gasteiger charge is -2.13. The first kappa shape index (κ1) is 19.7. The van der Waals surface area contributed by atoms with E-state index in [2.05, 4.69) is 19.2 Å². The van der Waals surface area contributed by atoms with Crippen LogP contribution in [-0.4, -0.2) is 24.5 Å². The van der Waals surface area contributed by atoms with Gasteiger partial charge in [0.2, 0.25) is 5.91 Å². The molecular formula is C19H28N2O3. The van der Waals surface area contributed by atoms with E-state index in [0.717, 1.165) is 18.4 Å². The molecule has 0 bridgehead atoms. The Hall–Kier alpha value is -2.30. The summed E-state index contributed by atoms with van der Waals surface area (Å²) >= 11 is 0. The average molecular weight is 332 g/mol. The minimum Gasteiger partial charge on any atom is -0.484 e. The second kappa shape index (κ2) is 10.5. The van der Waals surface area contributed by atoms with E-state index in [-0.39, 0.29) is 18.6 Å². The Morgan fingerprint density at radius 3 is 2.42 bits per heavy atom. The maximum Gasteiger partial charge on any atom is 0.255 e. The molecule has 0 heterocycles. The fourth-order valence-corrected chi connectivity index (χ4v) is 2.20. The third-order valence-corrected chi connectivity index (χ3v) is 3.50. The Bertz CT molecular complexity index is 550. The molecule has 0 aromatic heterocycles. The van der Waals surface area contributed by atoms with Gasteiger partial charge < -0.3 is 15.8 Å². The van der Waals surface area contributed by atoms with Gasteiger partial charge in [-0.15, -0.1) is 0 Å². The first-order valence-corrected chi connectivity index (χ1v) is 8.36. The summed E-state index contributed by atoms with van der Waals surface area (Å²) in [7, 11) is 0. The van der Waals surface area contributed by atoms with Crippen LogP contribution in [0.1, 0.15) is 45.6 Å². The summed E-state index contributed by atoms with van der Waals surface area (Å²) in [4.78, 5) is 22.5. The molecule has 5 nitrogen and oxygen atoms in total. The fourth-order valence-electron chi connectivity index (χ4n) is 2.20. The van der Waals surface area contributed by atoms with Gasteiger partial charge >= 0.3 is 0 Å². The van der Waals surface area contributed by atoms with Gasteiger partial charge in [0.1, 0.15) is 5.75 Å². The van der Waals surface area contributed by atoms with Crippen LogP contribution in [-0.2, 0) is 9.59 Å². The first-order valence-electron chi connectivity index (χ1n) is 8.36. The molecule has 0 fully saturated rings. The number of amides is 2. The van der Waals surface area contributed by atoms with Crippen LogP contribution < -0.4 is 15.8 Å². The van der Waals surface area contributed by atoms with Crippen molar-refractivity contribution in [3.05, 3.63) is 35.9 Å². The van der Waals surface area contributed by atoms with Crippen LogP contribution in [0.5, 0.6) is 5.75 Å².